The molecule has 2 aromatic rings. The average molecular weight is 307 g/mol. The van der Waals surface area contributed by atoms with Crippen LogP contribution in [0.1, 0.15) is 31.9 Å². The minimum absolute atomic E-state index is 0.00119. The molecule has 0 spiro atoms. The van der Waals surface area contributed by atoms with E-state index >= 15 is 0 Å². The first-order valence-corrected chi connectivity index (χ1v) is 7.53. The maximum atomic E-state index is 12.1. The van der Waals surface area contributed by atoms with E-state index in [-0.39, 0.29) is 17.9 Å². The molecule has 0 aliphatic rings. The first kappa shape index (κ1) is 16.6. The predicted molar refractivity (Wildman–Crippen MR) is 93.4 cm³/mol. The van der Waals surface area contributed by atoms with Gasteiger partial charge < -0.3 is 10.6 Å². The van der Waals surface area contributed by atoms with Crippen LogP contribution < -0.4 is 10.6 Å². The summed E-state index contributed by atoms with van der Waals surface area (Å²) in [6.07, 6.45) is 0. The molecule has 2 N–H and O–H groups in total. The summed E-state index contributed by atoms with van der Waals surface area (Å²) in [5.41, 5.74) is 3.27. The third-order valence-corrected chi connectivity index (χ3v) is 3.45. The number of benzene rings is 2. The number of amides is 1. The fourth-order valence-corrected chi connectivity index (χ4v) is 2.34. The van der Waals surface area contributed by atoms with Gasteiger partial charge in [0.05, 0.1) is 18.2 Å². The van der Waals surface area contributed by atoms with Gasteiger partial charge in [0.25, 0.3) is 0 Å². The summed E-state index contributed by atoms with van der Waals surface area (Å²) in [6.45, 7) is 6.59. The second kappa shape index (κ2) is 6.97. The smallest absolute Gasteiger partial charge is 0.243 e. The monoisotopic (exact) mass is 307 g/mol. The van der Waals surface area contributed by atoms with Gasteiger partial charge in [-0.25, -0.2) is 0 Å². The van der Waals surface area contributed by atoms with Crippen LogP contribution in [0, 0.1) is 11.3 Å². The Kier molecular flexibility index (Phi) is 5.02. The minimum atomic E-state index is -0.149. The first-order chi connectivity index (χ1) is 10.9. The van der Waals surface area contributed by atoms with Gasteiger partial charge in [0.1, 0.15) is 0 Å². The number of carbonyl (C=O) groups excluding carboxylic acids is 1. The molecule has 0 bridgehead atoms. The molecule has 2 rings (SSSR count). The lowest BCUT2D eigenvalue weighted by molar-refractivity contribution is -0.114. The van der Waals surface area contributed by atoms with Crippen LogP contribution in [0.3, 0.4) is 0 Å². The van der Waals surface area contributed by atoms with Crippen LogP contribution in [0.2, 0.25) is 0 Å². The van der Waals surface area contributed by atoms with Crippen molar-refractivity contribution < 1.29 is 4.79 Å². The zero-order valence-electron chi connectivity index (χ0n) is 13.7. The summed E-state index contributed by atoms with van der Waals surface area (Å²) in [6, 6.07) is 16.9. The number of carbonyl (C=O) groups is 1. The molecule has 1 amide bonds. The zero-order valence-corrected chi connectivity index (χ0v) is 13.7. The maximum Gasteiger partial charge on any atom is 0.243 e. The van der Waals surface area contributed by atoms with Gasteiger partial charge in [-0.2, -0.15) is 5.26 Å². The van der Waals surface area contributed by atoms with Crippen molar-refractivity contribution in [3.8, 4) is 6.07 Å². The van der Waals surface area contributed by atoms with E-state index in [0.29, 0.717) is 11.3 Å². The van der Waals surface area contributed by atoms with E-state index in [4.69, 9.17) is 5.26 Å². The Balaban J connectivity index is 2.01. The third-order valence-electron chi connectivity index (χ3n) is 3.45. The number of anilines is 2. The van der Waals surface area contributed by atoms with Gasteiger partial charge in [0.15, 0.2) is 0 Å². The molecule has 0 radical (unpaired) electrons. The van der Waals surface area contributed by atoms with Crippen LogP contribution in [0.4, 0.5) is 11.4 Å². The van der Waals surface area contributed by atoms with Crippen molar-refractivity contribution in [2.45, 2.75) is 26.2 Å². The van der Waals surface area contributed by atoms with Crippen LogP contribution in [-0.4, -0.2) is 12.5 Å². The molecule has 0 saturated carbocycles. The van der Waals surface area contributed by atoms with Crippen molar-refractivity contribution in [1.82, 2.24) is 0 Å². The highest BCUT2D eigenvalue weighted by atomic mass is 16.1. The molecule has 0 aliphatic carbocycles. The van der Waals surface area contributed by atoms with Gasteiger partial charge in [-0.1, -0.05) is 45.0 Å². The van der Waals surface area contributed by atoms with Crippen molar-refractivity contribution in [2.24, 2.45) is 0 Å². The van der Waals surface area contributed by atoms with Crippen molar-refractivity contribution in [3.63, 3.8) is 0 Å². The molecule has 118 valence electrons. The van der Waals surface area contributed by atoms with Crippen LogP contribution in [-0.2, 0) is 10.2 Å². The SMILES string of the molecule is CC(C)(C)c1ccccc1NCC(=O)Nc1cccc(C#N)c1. The van der Waals surface area contributed by atoms with Gasteiger partial charge in [-0.3, -0.25) is 4.79 Å². The van der Waals surface area contributed by atoms with Crippen molar-refractivity contribution in [3.05, 3.63) is 59.7 Å². The lowest BCUT2D eigenvalue weighted by Crippen LogP contribution is -2.23. The Bertz CT molecular complexity index is 739. The highest BCUT2D eigenvalue weighted by Gasteiger charge is 2.17. The van der Waals surface area contributed by atoms with E-state index in [2.05, 4.69) is 43.5 Å². The number of nitriles is 1. The van der Waals surface area contributed by atoms with Crippen LogP contribution >= 0.6 is 0 Å². The van der Waals surface area contributed by atoms with Gasteiger partial charge in [-0.15, -0.1) is 0 Å². The number of rotatable bonds is 4. The van der Waals surface area contributed by atoms with Gasteiger partial charge in [-0.05, 0) is 35.2 Å². The second-order valence-electron chi connectivity index (χ2n) is 6.39. The Hall–Kier alpha value is -2.80. The zero-order chi connectivity index (χ0) is 16.9. The number of nitrogens with zero attached hydrogens (tertiary/aromatic N) is 1. The Morgan fingerprint density at radius 1 is 1.13 bits per heavy atom. The van der Waals surface area contributed by atoms with E-state index in [0.717, 1.165) is 5.69 Å². The number of para-hydroxylation sites is 1. The molecule has 4 heteroatoms. The van der Waals surface area contributed by atoms with Crippen LogP contribution in [0.25, 0.3) is 0 Å². The molecule has 0 fully saturated rings. The normalized spacial score (nSPS) is 10.7. The first-order valence-electron chi connectivity index (χ1n) is 7.53. The highest BCUT2D eigenvalue weighted by Crippen LogP contribution is 2.29. The van der Waals surface area contributed by atoms with E-state index in [1.165, 1.54) is 5.56 Å². The largest absolute Gasteiger partial charge is 0.376 e. The van der Waals surface area contributed by atoms with E-state index in [1.807, 2.05) is 18.2 Å². The van der Waals surface area contributed by atoms with Gasteiger partial charge in [0, 0.05) is 11.4 Å². The summed E-state index contributed by atoms with van der Waals surface area (Å²) >= 11 is 0. The molecule has 0 heterocycles. The third kappa shape index (κ3) is 4.58. The standard InChI is InChI=1S/C19H21N3O/c1-19(2,3)16-9-4-5-10-17(16)21-13-18(23)22-15-8-6-7-14(11-15)12-20/h4-11,21H,13H2,1-3H3,(H,22,23). The summed E-state index contributed by atoms with van der Waals surface area (Å²) in [5, 5.41) is 14.9. The molecule has 0 saturated heterocycles. The molecule has 0 aliphatic heterocycles. The Morgan fingerprint density at radius 2 is 1.87 bits per heavy atom. The molecule has 0 unspecified atom stereocenters. The average Bonchev–Trinajstić information content (AvgIpc) is 2.52. The summed E-state index contributed by atoms with van der Waals surface area (Å²) < 4.78 is 0. The second-order valence-corrected chi connectivity index (χ2v) is 6.39. The topological polar surface area (TPSA) is 64.9 Å². The number of nitrogens with one attached hydrogen (secondary N) is 2. The molecule has 2 aromatic carbocycles. The number of hydrogen-bond acceptors (Lipinski definition) is 3. The summed E-state index contributed by atoms with van der Waals surface area (Å²) in [5.74, 6) is -0.149. The molecule has 0 aromatic heterocycles. The van der Waals surface area contributed by atoms with Crippen molar-refractivity contribution in [2.75, 3.05) is 17.2 Å². The quantitative estimate of drug-likeness (QED) is 0.900. The Labute approximate surface area is 137 Å². The summed E-state index contributed by atoms with van der Waals surface area (Å²) in [7, 11) is 0. The molecular weight excluding hydrogens is 286 g/mol. The highest BCUT2D eigenvalue weighted by molar-refractivity contribution is 5.94. The van der Waals surface area contributed by atoms with Gasteiger partial charge >= 0.3 is 0 Å². The molecule has 0 atom stereocenters. The van der Waals surface area contributed by atoms with Crippen LogP contribution in [0.5, 0.6) is 0 Å². The van der Waals surface area contributed by atoms with E-state index < -0.39 is 0 Å². The lowest BCUT2D eigenvalue weighted by atomic mass is 9.86. The summed E-state index contributed by atoms with van der Waals surface area (Å²) in [4.78, 5) is 12.1. The fraction of sp³-hybridized carbons (Fsp3) is 0.263. The number of hydrogen-bond donors (Lipinski definition) is 2. The van der Waals surface area contributed by atoms with E-state index in [9.17, 15) is 4.79 Å². The van der Waals surface area contributed by atoms with Crippen molar-refractivity contribution in [1.29, 1.82) is 5.26 Å². The molecule has 23 heavy (non-hydrogen) atoms. The van der Waals surface area contributed by atoms with Crippen LogP contribution in [0.15, 0.2) is 48.5 Å². The predicted octanol–water partition coefficient (Wildman–Crippen LogP) is 3.91. The Morgan fingerprint density at radius 3 is 2.57 bits per heavy atom. The van der Waals surface area contributed by atoms with Crippen molar-refractivity contribution >= 4 is 17.3 Å². The van der Waals surface area contributed by atoms with E-state index in [1.54, 1.807) is 24.3 Å². The van der Waals surface area contributed by atoms with Gasteiger partial charge in [0.2, 0.25) is 5.91 Å². The minimum Gasteiger partial charge on any atom is -0.376 e. The molecule has 4 nitrogen and oxygen atoms in total. The maximum absolute atomic E-state index is 12.1. The fourth-order valence-electron chi connectivity index (χ4n) is 2.34. The molecular formula is C19H21N3O. The lowest BCUT2D eigenvalue weighted by Gasteiger charge is -2.23.